The van der Waals surface area contributed by atoms with Crippen LogP contribution in [0.15, 0.2) is 18.2 Å². The van der Waals surface area contributed by atoms with Crippen molar-refractivity contribution in [3.8, 4) is 0 Å². The minimum absolute atomic E-state index is 0.0741. The first-order chi connectivity index (χ1) is 10.1. The van der Waals surface area contributed by atoms with Crippen molar-refractivity contribution in [3.05, 3.63) is 23.8 Å². The number of nitrogen functional groups attached to an aromatic ring is 1. The smallest absolute Gasteiger partial charge is 0.238 e. The van der Waals surface area contributed by atoms with Gasteiger partial charge in [-0.15, -0.1) is 0 Å². The molecule has 3 N–H and O–H groups in total. The number of carbonyl (C=O) groups is 1. The van der Waals surface area contributed by atoms with Crippen LogP contribution in [0.5, 0.6) is 0 Å². The maximum absolute atomic E-state index is 12.3. The van der Waals surface area contributed by atoms with Gasteiger partial charge in [-0.05, 0) is 62.1 Å². The number of nitrogens with zero attached hydrogens (tertiary/aromatic N) is 1. The Labute approximate surface area is 126 Å². The van der Waals surface area contributed by atoms with E-state index in [1.807, 2.05) is 25.1 Å². The number of rotatable bonds is 7. The van der Waals surface area contributed by atoms with Crippen LogP contribution < -0.4 is 11.1 Å². The highest BCUT2D eigenvalue weighted by Gasteiger charge is 2.30. The summed E-state index contributed by atoms with van der Waals surface area (Å²) in [6, 6.07) is 5.65. The van der Waals surface area contributed by atoms with E-state index in [1.54, 1.807) is 0 Å². The van der Waals surface area contributed by atoms with Gasteiger partial charge >= 0.3 is 0 Å². The Kier molecular flexibility index (Phi) is 4.15. The molecular formula is C17H25N3O. The summed E-state index contributed by atoms with van der Waals surface area (Å²) in [5.41, 5.74) is 8.38. The molecule has 21 heavy (non-hydrogen) atoms. The molecule has 0 bridgehead atoms. The Morgan fingerprint density at radius 2 is 1.86 bits per heavy atom. The lowest BCUT2D eigenvalue weighted by molar-refractivity contribution is -0.117. The van der Waals surface area contributed by atoms with Crippen LogP contribution in [0, 0.1) is 18.8 Å². The normalized spacial score (nSPS) is 18.0. The van der Waals surface area contributed by atoms with Crippen molar-refractivity contribution < 1.29 is 4.79 Å². The number of nitrogens with one attached hydrogen (secondary N) is 1. The third kappa shape index (κ3) is 4.21. The molecule has 3 rings (SSSR count). The van der Waals surface area contributed by atoms with Crippen molar-refractivity contribution in [1.29, 1.82) is 0 Å². The number of anilines is 2. The standard InChI is InChI=1S/C17H25N3O/c1-12-15(18)3-2-4-16(12)19-17(21)11-20(9-13-5-6-13)10-14-7-8-14/h2-4,13-14H,5-11,18H2,1H3,(H,19,21). The van der Waals surface area contributed by atoms with Gasteiger partial charge in [0.2, 0.25) is 5.91 Å². The van der Waals surface area contributed by atoms with Gasteiger partial charge in [-0.2, -0.15) is 0 Å². The molecule has 2 aliphatic rings. The molecule has 0 atom stereocenters. The molecule has 1 amide bonds. The third-order valence-corrected chi connectivity index (χ3v) is 4.44. The van der Waals surface area contributed by atoms with Gasteiger partial charge in [-0.3, -0.25) is 9.69 Å². The average Bonchev–Trinajstić information content (AvgIpc) is 3.31. The van der Waals surface area contributed by atoms with Gasteiger partial charge in [0.05, 0.1) is 6.54 Å². The molecule has 1 aromatic carbocycles. The molecular weight excluding hydrogens is 262 g/mol. The Bertz CT molecular complexity index is 507. The van der Waals surface area contributed by atoms with E-state index in [4.69, 9.17) is 5.73 Å². The van der Waals surface area contributed by atoms with Gasteiger partial charge in [0.1, 0.15) is 0 Å². The zero-order valence-electron chi connectivity index (χ0n) is 12.8. The van der Waals surface area contributed by atoms with Crippen LogP contribution in [0.25, 0.3) is 0 Å². The van der Waals surface area contributed by atoms with Gasteiger partial charge < -0.3 is 11.1 Å². The topological polar surface area (TPSA) is 58.4 Å². The van der Waals surface area contributed by atoms with Gasteiger partial charge in [0.15, 0.2) is 0 Å². The average molecular weight is 287 g/mol. The molecule has 2 fully saturated rings. The highest BCUT2D eigenvalue weighted by molar-refractivity contribution is 5.93. The molecule has 114 valence electrons. The minimum atomic E-state index is 0.0741. The van der Waals surface area contributed by atoms with Crippen molar-refractivity contribution in [2.24, 2.45) is 11.8 Å². The Hall–Kier alpha value is -1.55. The first-order valence-electron chi connectivity index (χ1n) is 7.99. The molecule has 4 heteroatoms. The SMILES string of the molecule is Cc1c(N)cccc1NC(=O)CN(CC1CC1)CC1CC1. The number of benzene rings is 1. The van der Waals surface area contributed by atoms with Gasteiger partial charge in [-0.25, -0.2) is 0 Å². The summed E-state index contributed by atoms with van der Waals surface area (Å²) in [6.45, 7) is 4.61. The molecule has 2 aliphatic carbocycles. The molecule has 1 aromatic rings. The van der Waals surface area contributed by atoms with Crippen LogP contribution in [0.4, 0.5) is 11.4 Å². The molecule has 0 saturated heterocycles. The Balaban J connectivity index is 1.56. The fourth-order valence-electron chi connectivity index (χ4n) is 2.72. The summed E-state index contributed by atoms with van der Waals surface area (Å²) in [5, 5.41) is 3.01. The number of amides is 1. The lowest BCUT2D eigenvalue weighted by Gasteiger charge is -2.22. The molecule has 4 nitrogen and oxygen atoms in total. The van der Waals surface area contributed by atoms with E-state index in [0.29, 0.717) is 6.54 Å². The number of nitrogens with two attached hydrogens (primary N) is 1. The second-order valence-corrected chi connectivity index (χ2v) is 6.65. The summed E-state index contributed by atoms with van der Waals surface area (Å²) in [6.07, 6.45) is 5.32. The molecule has 0 heterocycles. The van der Waals surface area contributed by atoms with Gasteiger partial charge in [0, 0.05) is 24.5 Å². The van der Waals surface area contributed by atoms with E-state index in [0.717, 1.165) is 41.9 Å². The molecule has 0 radical (unpaired) electrons. The highest BCUT2D eigenvalue weighted by Crippen LogP contribution is 2.33. The predicted molar refractivity (Wildman–Crippen MR) is 86.1 cm³/mol. The lowest BCUT2D eigenvalue weighted by atomic mass is 10.1. The number of hydrogen-bond acceptors (Lipinski definition) is 3. The second kappa shape index (κ2) is 6.06. The third-order valence-electron chi connectivity index (χ3n) is 4.44. The van der Waals surface area contributed by atoms with Crippen molar-refractivity contribution in [2.75, 3.05) is 30.7 Å². The quantitative estimate of drug-likeness (QED) is 0.758. The van der Waals surface area contributed by atoms with Crippen molar-refractivity contribution >= 4 is 17.3 Å². The molecule has 0 aliphatic heterocycles. The lowest BCUT2D eigenvalue weighted by Crippen LogP contribution is -2.36. The minimum Gasteiger partial charge on any atom is -0.398 e. The molecule has 0 spiro atoms. The number of carbonyl (C=O) groups excluding carboxylic acids is 1. The highest BCUT2D eigenvalue weighted by atomic mass is 16.2. The summed E-state index contributed by atoms with van der Waals surface area (Å²) in [7, 11) is 0. The summed E-state index contributed by atoms with van der Waals surface area (Å²) >= 11 is 0. The first kappa shape index (κ1) is 14.4. The van der Waals surface area contributed by atoms with Crippen molar-refractivity contribution in [2.45, 2.75) is 32.6 Å². The van der Waals surface area contributed by atoms with E-state index in [1.165, 1.54) is 25.7 Å². The Morgan fingerprint density at radius 1 is 1.24 bits per heavy atom. The molecule has 0 aromatic heterocycles. The van der Waals surface area contributed by atoms with Gasteiger partial charge in [0.25, 0.3) is 0 Å². The summed E-state index contributed by atoms with van der Waals surface area (Å²) < 4.78 is 0. The van der Waals surface area contributed by atoms with E-state index in [9.17, 15) is 4.79 Å². The van der Waals surface area contributed by atoms with Crippen LogP contribution in [-0.2, 0) is 4.79 Å². The van der Waals surface area contributed by atoms with Crippen LogP contribution in [0.1, 0.15) is 31.2 Å². The van der Waals surface area contributed by atoms with Crippen LogP contribution in [0.2, 0.25) is 0 Å². The van der Waals surface area contributed by atoms with E-state index in [-0.39, 0.29) is 5.91 Å². The van der Waals surface area contributed by atoms with Crippen molar-refractivity contribution in [3.63, 3.8) is 0 Å². The van der Waals surface area contributed by atoms with E-state index in [2.05, 4.69) is 10.2 Å². The molecule has 0 unspecified atom stereocenters. The predicted octanol–water partition coefficient (Wildman–Crippen LogP) is 2.64. The summed E-state index contributed by atoms with van der Waals surface area (Å²) in [4.78, 5) is 14.6. The Morgan fingerprint density at radius 3 is 2.43 bits per heavy atom. The van der Waals surface area contributed by atoms with E-state index >= 15 is 0 Å². The maximum Gasteiger partial charge on any atom is 0.238 e. The fraction of sp³-hybridized carbons (Fsp3) is 0.588. The summed E-state index contributed by atoms with van der Waals surface area (Å²) in [5.74, 6) is 1.72. The van der Waals surface area contributed by atoms with Gasteiger partial charge in [-0.1, -0.05) is 6.07 Å². The first-order valence-corrected chi connectivity index (χ1v) is 7.99. The fourth-order valence-corrected chi connectivity index (χ4v) is 2.72. The monoisotopic (exact) mass is 287 g/mol. The molecule has 2 saturated carbocycles. The number of hydrogen-bond donors (Lipinski definition) is 2. The van der Waals surface area contributed by atoms with Crippen LogP contribution >= 0.6 is 0 Å². The largest absolute Gasteiger partial charge is 0.398 e. The van der Waals surface area contributed by atoms with Crippen LogP contribution in [0.3, 0.4) is 0 Å². The van der Waals surface area contributed by atoms with Crippen LogP contribution in [-0.4, -0.2) is 30.4 Å². The maximum atomic E-state index is 12.3. The second-order valence-electron chi connectivity index (χ2n) is 6.65. The zero-order valence-corrected chi connectivity index (χ0v) is 12.8. The van der Waals surface area contributed by atoms with E-state index < -0.39 is 0 Å². The van der Waals surface area contributed by atoms with Crippen molar-refractivity contribution in [1.82, 2.24) is 4.90 Å². The zero-order chi connectivity index (χ0) is 14.8.